The number of amides is 2. The van der Waals surface area contributed by atoms with Crippen LogP contribution in [0.3, 0.4) is 0 Å². The maximum absolute atomic E-state index is 13.5. The number of ether oxygens (including phenoxy) is 2. The Kier molecular flexibility index (Phi) is 6.42. The molecule has 9 heteroatoms. The van der Waals surface area contributed by atoms with Crippen LogP contribution in [0.4, 0.5) is 18.9 Å². The van der Waals surface area contributed by atoms with Crippen LogP contribution in [0.1, 0.15) is 5.56 Å². The van der Waals surface area contributed by atoms with Crippen molar-refractivity contribution in [1.82, 2.24) is 5.32 Å². The fourth-order valence-corrected chi connectivity index (χ4v) is 2.03. The van der Waals surface area contributed by atoms with Gasteiger partial charge in [0.05, 0.1) is 7.11 Å². The number of carbonyl (C=O) groups is 2. The molecule has 2 aromatic rings. The highest BCUT2D eigenvalue weighted by Crippen LogP contribution is 2.31. The average molecular weight is 368 g/mol. The molecule has 0 aliphatic carbocycles. The predicted molar refractivity (Wildman–Crippen MR) is 86.5 cm³/mol. The van der Waals surface area contributed by atoms with Crippen molar-refractivity contribution < 1.29 is 32.2 Å². The van der Waals surface area contributed by atoms with Crippen molar-refractivity contribution in [2.75, 3.05) is 12.4 Å². The summed E-state index contributed by atoms with van der Waals surface area (Å²) in [4.78, 5) is 23.7. The normalized spacial score (nSPS) is 10.3. The van der Waals surface area contributed by atoms with Gasteiger partial charge in [0, 0.05) is 23.9 Å². The molecular weight excluding hydrogens is 353 g/mol. The lowest BCUT2D eigenvalue weighted by atomic mass is 10.2. The van der Waals surface area contributed by atoms with Gasteiger partial charge in [-0.2, -0.15) is 8.78 Å². The van der Waals surface area contributed by atoms with Crippen LogP contribution < -0.4 is 20.1 Å². The van der Waals surface area contributed by atoms with Crippen molar-refractivity contribution >= 4 is 17.5 Å². The highest BCUT2D eigenvalue weighted by atomic mass is 19.3. The van der Waals surface area contributed by atoms with Crippen LogP contribution in [-0.2, 0) is 16.1 Å². The average Bonchev–Trinajstić information content (AvgIpc) is 2.60. The lowest BCUT2D eigenvalue weighted by Gasteiger charge is -2.12. The summed E-state index contributed by atoms with van der Waals surface area (Å²) in [7, 11) is 1.27. The topological polar surface area (TPSA) is 76.7 Å². The van der Waals surface area contributed by atoms with Crippen molar-refractivity contribution in [2.24, 2.45) is 0 Å². The molecule has 0 saturated heterocycles. The van der Waals surface area contributed by atoms with Crippen LogP contribution >= 0.6 is 0 Å². The summed E-state index contributed by atoms with van der Waals surface area (Å²) in [6, 6.07) is 9.51. The Bertz CT molecular complexity index is 799. The smallest absolute Gasteiger partial charge is 0.387 e. The van der Waals surface area contributed by atoms with E-state index in [9.17, 15) is 22.8 Å². The third-order valence-electron chi connectivity index (χ3n) is 3.24. The molecule has 2 N–H and O–H groups in total. The molecule has 0 aliphatic heterocycles. The number of anilines is 1. The minimum absolute atomic E-state index is 0.0345. The lowest BCUT2D eigenvalue weighted by Crippen LogP contribution is -2.35. The lowest BCUT2D eigenvalue weighted by molar-refractivity contribution is -0.136. The van der Waals surface area contributed by atoms with Crippen molar-refractivity contribution in [1.29, 1.82) is 0 Å². The first-order chi connectivity index (χ1) is 12.4. The second kappa shape index (κ2) is 8.75. The highest BCUT2D eigenvalue weighted by molar-refractivity contribution is 6.39. The number of alkyl halides is 2. The molecule has 0 heterocycles. The van der Waals surface area contributed by atoms with Gasteiger partial charge in [0.1, 0.15) is 5.82 Å². The zero-order valence-electron chi connectivity index (χ0n) is 13.6. The second-order valence-corrected chi connectivity index (χ2v) is 4.97. The quantitative estimate of drug-likeness (QED) is 0.769. The number of halogens is 3. The van der Waals surface area contributed by atoms with Crippen LogP contribution in [0.2, 0.25) is 0 Å². The van der Waals surface area contributed by atoms with Gasteiger partial charge in [-0.3, -0.25) is 9.59 Å². The summed E-state index contributed by atoms with van der Waals surface area (Å²) in [5, 5.41) is 4.49. The van der Waals surface area contributed by atoms with E-state index in [1.54, 1.807) is 6.07 Å². The Morgan fingerprint density at radius 1 is 1.08 bits per heavy atom. The van der Waals surface area contributed by atoms with Gasteiger partial charge in [0.2, 0.25) is 0 Å². The van der Waals surface area contributed by atoms with Gasteiger partial charge >= 0.3 is 18.4 Å². The molecule has 0 fully saturated rings. The first-order valence-corrected chi connectivity index (χ1v) is 7.36. The van der Waals surface area contributed by atoms with E-state index in [-0.39, 0.29) is 29.3 Å². The van der Waals surface area contributed by atoms with Crippen LogP contribution in [0.25, 0.3) is 0 Å². The maximum atomic E-state index is 13.5. The van der Waals surface area contributed by atoms with Gasteiger partial charge in [-0.25, -0.2) is 4.39 Å². The number of methoxy groups -OCH3 is 1. The SMILES string of the molecule is COc1ccc(NC(=O)C(=O)NCc2ccccc2F)cc1OC(F)F. The number of nitrogens with one attached hydrogen (secondary N) is 2. The summed E-state index contributed by atoms with van der Waals surface area (Å²) in [5.74, 6) is -2.84. The number of carbonyl (C=O) groups excluding carboxylic acids is 2. The fourth-order valence-electron chi connectivity index (χ4n) is 2.03. The standard InChI is InChI=1S/C17H15F3N2O4/c1-25-13-7-6-11(8-14(13)26-17(19)20)22-16(24)15(23)21-9-10-4-2-3-5-12(10)18/h2-8,17H,9H2,1H3,(H,21,23)(H,22,24). The molecule has 0 saturated carbocycles. The molecule has 138 valence electrons. The highest BCUT2D eigenvalue weighted by Gasteiger charge is 2.16. The molecule has 0 unspecified atom stereocenters. The van der Waals surface area contributed by atoms with E-state index in [1.165, 1.54) is 37.4 Å². The first-order valence-electron chi connectivity index (χ1n) is 7.36. The van der Waals surface area contributed by atoms with Crippen molar-refractivity contribution in [2.45, 2.75) is 13.2 Å². The molecule has 0 bridgehead atoms. The first kappa shape index (κ1) is 19.1. The fraction of sp³-hybridized carbons (Fsp3) is 0.176. The van der Waals surface area contributed by atoms with Crippen LogP contribution in [0.15, 0.2) is 42.5 Å². The molecule has 0 aliphatic rings. The van der Waals surface area contributed by atoms with E-state index in [2.05, 4.69) is 15.4 Å². The van der Waals surface area contributed by atoms with E-state index < -0.39 is 24.2 Å². The van der Waals surface area contributed by atoms with E-state index in [4.69, 9.17) is 4.74 Å². The molecule has 0 spiro atoms. The summed E-state index contributed by atoms with van der Waals surface area (Å²) in [5.41, 5.74) is 0.262. The van der Waals surface area contributed by atoms with Crippen molar-refractivity contribution in [3.8, 4) is 11.5 Å². The van der Waals surface area contributed by atoms with E-state index in [0.717, 1.165) is 6.07 Å². The van der Waals surface area contributed by atoms with Crippen LogP contribution in [0.5, 0.6) is 11.5 Å². The second-order valence-electron chi connectivity index (χ2n) is 4.97. The van der Waals surface area contributed by atoms with Crippen molar-refractivity contribution in [3.63, 3.8) is 0 Å². The zero-order chi connectivity index (χ0) is 19.1. The summed E-state index contributed by atoms with van der Waals surface area (Å²) < 4.78 is 47.4. The van der Waals surface area contributed by atoms with Gasteiger partial charge in [0.25, 0.3) is 0 Å². The molecule has 6 nitrogen and oxygen atoms in total. The Morgan fingerprint density at radius 2 is 1.81 bits per heavy atom. The summed E-state index contributed by atoms with van der Waals surface area (Å²) in [6.07, 6.45) is 0. The third-order valence-corrected chi connectivity index (χ3v) is 3.24. The number of hydrogen-bond donors (Lipinski definition) is 2. The Labute approximate surface area is 146 Å². The Morgan fingerprint density at radius 3 is 2.46 bits per heavy atom. The molecule has 2 amide bonds. The largest absolute Gasteiger partial charge is 0.493 e. The van der Waals surface area contributed by atoms with Gasteiger partial charge in [-0.15, -0.1) is 0 Å². The summed E-state index contributed by atoms with van der Waals surface area (Å²) in [6.45, 7) is -3.26. The molecule has 0 atom stereocenters. The molecule has 0 radical (unpaired) electrons. The van der Waals surface area contributed by atoms with Crippen LogP contribution in [-0.4, -0.2) is 25.5 Å². The van der Waals surface area contributed by atoms with Gasteiger partial charge in [-0.05, 0) is 18.2 Å². The summed E-state index contributed by atoms with van der Waals surface area (Å²) >= 11 is 0. The van der Waals surface area contributed by atoms with Crippen LogP contribution in [0, 0.1) is 5.82 Å². The molecule has 2 aromatic carbocycles. The molecule has 26 heavy (non-hydrogen) atoms. The zero-order valence-corrected chi connectivity index (χ0v) is 13.6. The molecule has 2 rings (SSSR count). The minimum Gasteiger partial charge on any atom is -0.493 e. The van der Waals surface area contributed by atoms with Crippen molar-refractivity contribution in [3.05, 3.63) is 53.8 Å². The van der Waals surface area contributed by atoms with E-state index in [1.807, 2.05) is 0 Å². The number of rotatable bonds is 6. The van der Waals surface area contributed by atoms with Gasteiger partial charge < -0.3 is 20.1 Å². The number of benzene rings is 2. The monoisotopic (exact) mass is 368 g/mol. The molecular formula is C17H15F3N2O4. The number of hydrogen-bond acceptors (Lipinski definition) is 4. The van der Waals surface area contributed by atoms with Gasteiger partial charge in [0.15, 0.2) is 11.5 Å². The Balaban J connectivity index is 2.00. The van der Waals surface area contributed by atoms with E-state index >= 15 is 0 Å². The third kappa shape index (κ3) is 5.13. The maximum Gasteiger partial charge on any atom is 0.387 e. The Hall–Kier alpha value is -3.23. The van der Waals surface area contributed by atoms with E-state index in [0.29, 0.717) is 0 Å². The predicted octanol–water partition coefficient (Wildman–Crippen LogP) is 2.69. The molecule has 0 aromatic heterocycles. The van der Waals surface area contributed by atoms with Gasteiger partial charge in [-0.1, -0.05) is 18.2 Å². The minimum atomic E-state index is -3.08.